The molecule has 26 heavy (non-hydrogen) atoms. The summed E-state index contributed by atoms with van der Waals surface area (Å²) in [6.07, 6.45) is 6.27. The van der Waals surface area contributed by atoms with Crippen LogP contribution in [0.25, 0.3) is 23.3 Å². The van der Waals surface area contributed by atoms with Crippen LogP contribution in [0, 0.1) is 19.7 Å². The minimum atomic E-state index is -0.314. The predicted octanol–water partition coefficient (Wildman–Crippen LogP) is 4.82. The van der Waals surface area contributed by atoms with Gasteiger partial charge in [0.05, 0.1) is 0 Å². The van der Waals surface area contributed by atoms with Crippen LogP contribution in [0.5, 0.6) is 0 Å². The normalized spacial score (nSPS) is 16.9. The molecule has 5 heteroatoms. The van der Waals surface area contributed by atoms with Crippen molar-refractivity contribution in [2.24, 2.45) is 0 Å². The second-order valence-corrected chi connectivity index (χ2v) is 7.23. The van der Waals surface area contributed by atoms with Crippen molar-refractivity contribution in [3.05, 3.63) is 52.9 Å². The molecule has 3 aromatic rings. The molecule has 0 spiro atoms. The van der Waals surface area contributed by atoms with Crippen molar-refractivity contribution in [1.82, 2.24) is 14.5 Å². The van der Waals surface area contributed by atoms with Crippen LogP contribution in [-0.2, 0) is 0 Å². The molecular formula is C21H24FN3O. The summed E-state index contributed by atoms with van der Waals surface area (Å²) in [6.45, 7) is 6.63. The molecule has 0 radical (unpaired) electrons. The molecule has 1 saturated heterocycles. The number of halogens is 1. The van der Waals surface area contributed by atoms with E-state index in [4.69, 9.17) is 4.42 Å². The fourth-order valence-corrected chi connectivity index (χ4v) is 3.93. The summed E-state index contributed by atoms with van der Waals surface area (Å²) >= 11 is 0. The highest BCUT2D eigenvalue weighted by Gasteiger charge is 2.21. The molecule has 0 amide bonds. The zero-order chi connectivity index (χ0) is 18.3. The van der Waals surface area contributed by atoms with Gasteiger partial charge in [-0.3, -0.25) is 0 Å². The Morgan fingerprint density at radius 3 is 2.69 bits per heavy atom. The Kier molecular flexibility index (Phi) is 4.41. The summed E-state index contributed by atoms with van der Waals surface area (Å²) in [4.78, 5) is 6.78. The SMILES string of the molecule is Cc1cc(C=Cc2nc3ccc(F)cc3o2)c(C)n1C1CCN(C)CC1. The average Bonchev–Trinajstić information content (AvgIpc) is 3.14. The van der Waals surface area contributed by atoms with Gasteiger partial charge < -0.3 is 13.9 Å². The summed E-state index contributed by atoms with van der Waals surface area (Å²) in [5.74, 6) is 0.181. The number of benzene rings is 1. The average molecular weight is 353 g/mol. The van der Waals surface area contributed by atoms with Crippen LogP contribution in [0.15, 0.2) is 28.7 Å². The number of aryl methyl sites for hydroxylation is 1. The molecule has 4 nitrogen and oxygen atoms in total. The van der Waals surface area contributed by atoms with Gasteiger partial charge in [0, 0.05) is 29.6 Å². The molecule has 1 aromatic carbocycles. The minimum Gasteiger partial charge on any atom is -0.437 e. The first-order valence-corrected chi connectivity index (χ1v) is 9.12. The summed E-state index contributed by atoms with van der Waals surface area (Å²) in [6, 6.07) is 7.18. The van der Waals surface area contributed by atoms with Crippen LogP contribution in [0.4, 0.5) is 4.39 Å². The minimum absolute atomic E-state index is 0.314. The Morgan fingerprint density at radius 2 is 1.92 bits per heavy atom. The van der Waals surface area contributed by atoms with Gasteiger partial charge in [-0.25, -0.2) is 9.37 Å². The van der Waals surface area contributed by atoms with Gasteiger partial charge in [0.15, 0.2) is 5.58 Å². The predicted molar refractivity (Wildman–Crippen MR) is 103 cm³/mol. The van der Waals surface area contributed by atoms with E-state index in [9.17, 15) is 4.39 Å². The monoisotopic (exact) mass is 353 g/mol. The lowest BCUT2D eigenvalue weighted by molar-refractivity contribution is 0.218. The molecule has 136 valence electrons. The van der Waals surface area contributed by atoms with Crippen molar-refractivity contribution in [2.45, 2.75) is 32.7 Å². The van der Waals surface area contributed by atoms with E-state index < -0.39 is 0 Å². The summed E-state index contributed by atoms with van der Waals surface area (Å²) in [5, 5.41) is 0. The fraction of sp³-hybridized carbons (Fsp3) is 0.381. The quantitative estimate of drug-likeness (QED) is 0.677. The van der Waals surface area contributed by atoms with E-state index in [1.807, 2.05) is 12.2 Å². The van der Waals surface area contributed by atoms with E-state index in [1.165, 1.54) is 41.9 Å². The molecule has 0 unspecified atom stereocenters. The Labute approximate surface area is 152 Å². The topological polar surface area (TPSA) is 34.2 Å². The van der Waals surface area contributed by atoms with Crippen LogP contribution in [0.1, 0.15) is 41.7 Å². The Balaban J connectivity index is 1.59. The van der Waals surface area contributed by atoms with Crippen molar-refractivity contribution in [3.8, 4) is 0 Å². The number of aromatic nitrogens is 2. The van der Waals surface area contributed by atoms with Crippen molar-refractivity contribution in [2.75, 3.05) is 20.1 Å². The number of hydrogen-bond donors (Lipinski definition) is 0. The number of nitrogens with zero attached hydrogens (tertiary/aromatic N) is 3. The molecule has 0 bridgehead atoms. The molecule has 0 atom stereocenters. The molecule has 0 saturated carbocycles. The molecule has 1 aliphatic rings. The van der Waals surface area contributed by atoms with E-state index in [2.05, 4.69) is 41.4 Å². The Bertz CT molecular complexity index is 961. The third-order valence-corrected chi connectivity index (χ3v) is 5.35. The highest BCUT2D eigenvalue weighted by atomic mass is 19.1. The molecule has 1 fully saturated rings. The summed E-state index contributed by atoms with van der Waals surface area (Å²) in [7, 11) is 2.19. The van der Waals surface area contributed by atoms with E-state index in [-0.39, 0.29) is 5.82 Å². The molecular weight excluding hydrogens is 329 g/mol. The van der Waals surface area contributed by atoms with Crippen LogP contribution < -0.4 is 0 Å². The van der Waals surface area contributed by atoms with E-state index >= 15 is 0 Å². The van der Waals surface area contributed by atoms with Gasteiger partial charge in [-0.2, -0.15) is 0 Å². The number of hydrogen-bond acceptors (Lipinski definition) is 3. The maximum absolute atomic E-state index is 13.3. The van der Waals surface area contributed by atoms with Crippen LogP contribution in [-0.4, -0.2) is 34.6 Å². The lowest BCUT2D eigenvalue weighted by atomic mass is 10.0. The largest absolute Gasteiger partial charge is 0.437 e. The first-order chi connectivity index (χ1) is 12.5. The molecule has 2 aromatic heterocycles. The van der Waals surface area contributed by atoms with E-state index in [1.54, 1.807) is 6.07 Å². The van der Waals surface area contributed by atoms with E-state index in [0.29, 0.717) is 23.0 Å². The van der Waals surface area contributed by atoms with Crippen molar-refractivity contribution < 1.29 is 8.81 Å². The standard InChI is InChI=1S/C21H24FN3O/c1-14-12-16(15(2)25(14)18-8-10-24(3)11-9-18)4-7-21-23-19-6-5-17(22)13-20(19)26-21/h4-7,12-13,18H,8-11H2,1-3H3. The van der Waals surface area contributed by atoms with Crippen LogP contribution in [0.3, 0.4) is 0 Å². The molecule has 0 aliphatic carbocycles. The van der Waals surface area contributed by atoms with Crippen molar-refractivity contribution in [1.29, 1.82) is 0 Å². The van der Waals surface area contributed by atoms with Gasteiger partial charge in [-0.1, -0.05) is 0 Å². The van der Waals surface area contributed by atoms with Crippen molar-refractivity contribution in [3.63, 3.8) is 0 Å². The van der Waals surface area contributed by atoms with Crippen LogP contribution in [0.2, 0.25) is 0 Å². The molecule has 3 heterocycles. The zero-order valence-corrected chi connectivity index (χ0v) is 15.5. The maximum Gasteiger partial charge on any atom is 0.220 e. The number of piperidine rings is 1. The highest BCUT2D eigenvalue weighted by molar-refractivity contribution is 5.76. The third-order valence-electron chi connectivity index (χ3n) is 5.35. The number of rotatable bonds is 3. The van der Waals surface area contributed by atoms with Crippen LogP contribution >= 0.6 is 0 Å². The highest BCUT2D eigenvalue weighted by Crippen LogP contribution is 2.29. The van der Waals surface area contributed by atoms with Gasteiger partial charge in [-0.05, 0) is 76.7 Å². The Morgan fingerprint density at radius 1 is 1.15 bits per heavy atom. The van der Waals surface area contributed by atoms with Gasteiger partial charge in [0.2, 0.25) is 5.89 Å². The molecule has 1 aliphatic heterocycles. The first-order valence-electron chi connectivity index (χ1n) is 9.12. The van der Waals surface area contributed by atoms with Gasteiger partial charge in [0.25, 0.3) is 0 Å². The van der Waals surface area contributed by atoms with E-state index in [0.717, 1.165) is 13.1 Å². The van der Waals surface area contributed by atoms with Gasteiger partial charge in [-0.15, -0.1) is 0 Å². The fourth-order valence-electron chi connectivity index (χ4n) is 3.93. The number of oxazole rings is 1. The number of fused-ring (bicyclic) bond motifs is 1. The first kappa shape index (κ1) is 17.0. The third kappa shape index (κ3) is 3.19. The zero-order valence-electron chi connectivity index (χ0n) is 15.5. The van der Waals surface area contributed by atoms with Crippen molar-refractivity contribution >= 4 is 23.3 Å². The lowest BCUT2D eigenvalue weighted by Gasteiger charge is -2.31. The Hall–Kier alpha value is -2.40. The molecule has 4 rings (SSSR count). The second kappa shape index (κ2) is 6.72. The number of likely N-dealkylation sites (tertiary alicyclic amines) is 1. The lowest BCUT2D eigenvalue weighted by Crippen LogP contribution is -2.32. The summed E-state index contributed by atoms with van der Waals surface area (Å²) < 4.78 is 21.4. The summed E-state index contributed by atoms with van der Waals surface area (Å²) in [5.41, 5.74) is 4.88. The van der Waals surface area contributed by atoms with Gasteiger partial charge >= 0.3 is 0 Å². The maximum atomic E-state index is 13.3. The van der Waals surface area contributed by atoms with Gasteiger partial charge in [0.1, 0.15) is 11.3 Å². The molecule has 0 N–H and O–H groups in total. The second-order valence-electron chi connectivity index (χ2n) is 7.23. The smallest absolute Gasteiger partial charge is 0.220 e.